The maximum atomic E-state index is 12.6. The molecule has 152 valence electrons. The molecule has 0 aliphatic carbocycles. The van der Waals surface area contributed by atoms with Crippen molar-refractivity contribution in [2.45, 2.75) is 32.7 Å². The van der Waals surface area contributed by atoms with Gasteiger partial charge in [0.25, 0.3) is 17.7 Å². The number of nitrogens with one attached hydrogen (secondary N) is 1. The average Bonchev–Trinajstić information content (AvgIpc) is 3.28. The topological polar surface area (TPSA) is 92.5 Å². The standard InChI is InChI=1S/C23H21N3O4/c1-23(2,3)18-12-19(25-30-18)24-20(27)15-8-6-7-14(11-15)13-26-21(28)16-9-4-5-10-17(16)22(26)29/h4-12H,13H2,1-3H3,(H,24,25,27). The molecule has 2 aromatic carbocycles. The Morgan fingerprint density at radius 3 is 2.27 bits per heavy atom. The molecule has 3 aromatic rings. The van der Waals surface area contributed by atoms with Crippen molar-refractivity contribution >= 4 is 23.5 Å². The quantitative estimate of drug-likeness (QED) is 0.664. The number of amides is 3. The van der Waals surface area contributed by atoms with E-state index in [1.165, 1.54) is 4.90 Å². The minimum absolute atomic E-state index is 0.0889. The van der Waals surface area contributed by atoms with Gasteiger partial charge in [0.1, 0.15) is 5.76 Å². The van der Waals surface area contributed by atoms with E-state index < -0.39 is 0 Å². The van der Waals surface area contributed by atoms with Crippen molar-refractivity contribution in [2.24, 2.45) is 0 Å². The number of rotatable bonds is 4. The summed E-state index contributed by atoms with van der Waals surface area (Å²) in [5.74, 6) is -0.0219. The summed E-state index contributed by atoms with van der Waals surface area (Å²) in [6, 6.07) is 15.2. The fourth-order valence-electron chi connectivity index (χ4n) is 3.25. The summed E-state index contributed by atoms with van der Waals surface area (Å²) in [4.78, 5) is 38.9. The number of aromatic nitrogens is 1. The summed E-state index contributed by atoms with van der Waals surface area (Å²) in [5.41, 5.74) is 1.65. The molecule has 0 bridgehead atoms. The monoisotopic (exact) mass is 403 g/mol. The molecule has 1 aliphatic heterocycles. The van der Waals surface area contributed by atoms with Gasteiger partial charge in [-0.15, -0.1) is 0 Å². The van der Waals surface area contributed by atoms with E-state index in [2.05, 4.69) is 10.5 Å². The number of hydrogen-bond acceptors (Lipinski definition) is 5. The molecule has 1 N–H and O–H groups in total. The van der Waals surface area contributed by atoms with Crippen molar-refractivity contribution in [1.29, 1.82) is 0 Å². The molecular weight excluding hydrogens is 382 g/mol. The first kappa shape index (κ1) is 19.6. The van der Waals surface area contributed by atoms with Crippen LogP contribution >= 0.6 is 0 Å². The molecule has 4 rings (SSSR count). The molecule has 1 aromatic heterocycles. The summed E-state index contributed by atoms with van der Waals surface area (Å²) in [7, 11) is 0. The largest absolute Gasteiger partial charge is 0.359 e. The summed E-state index contributed by atoms with van der Waals surface area (Å²) in [5, 5.41) is 6.60. The van der Waals surface area contributed by atoms with Gasteiger partial charge in [0.05, 0.1) is 17.7 Å². The SMILES string of the molecule is CC(C)(C)c1cc(NC(=O)c2cccc(CN3C(=O)c4ccccc4C3=O)c2)no1. The van der Waals surface area contributed by atoms with Crippen LogP contribution in [0.15, 0.2) is 59.1 Å². The van der Waals surface area contributed by atoms with Crippen molar-refractivity contribution in [3.8, 4) is 0 Å². The Hall–Kier alpha value is -3.74. The Labute approximate surface area is 173 Å². The number of anilines is 1. The zero-order chi connectivity index (χ0) is 21.5. The Kier molecular flexibility index (Phi) is 4.73. The van der Waals surface area contributed by atoms with Gasteiger partial charge in [-0.1, -0.05) is 50.2 Å². The molecule has 0 radical (unpaired) electrons. The molecule has 3 amide bonds. The lowest BCUT2D eigenvalue weighted by Crippen LogP contribution is -2.29. The van der Waals surface area contributed by atoms with Gasteiger partial charge in [-0.25, -0.2) is 0 Å². The second-order valence-electron chi connectivity index (χ2n) is 8.22. The molecule has 0 unspecified atom stereocenters. The van der Waals surface area contributed by atoms with E-state index in [9.17, 15) is 14.4 Å². The van der Waals surface area contributed by atoms with Crippen molar-refractivity contribution in [3.63, 3.8) is 0 Å². The molecule has 0 spiro atoms. The molecular formula is C23H21N3O4. The molecule has 1 aliphatic rings. The molecule has 30 heavy (non-hydrogen) atoms. The zero-order valence-electron chi connectivity index (χ0n) is 16.9. The maximum absolute atomic E-state index is 12.6. The lowest BCUT2D eigenvalue weighted by molar-refractivity contribution is 0.0642. The zero-order valence-corrected chi connectivity index (χ0v) is 16.9. The van der Waals surface area contributed by atoms with Crippen LogP contribution in [0.5, 0.6) is 0 Å². The number of imide groups is 1. The molecule has 0 saturated carbocycles. The summed E-state index contributed by atoms with van der Waals surface area (Å²) in [6.45, 7) is 6.05. The highest BCUT2D eigenvalue weighted by Gasteiger charge is 2.35. The van der Waals surface area contributed by atoms with Crippen molar-refractivity contribution in [1.82, 2.24) is 10.1 Å². The predicted molar refractivity (Wildman–Crippen MR) is 110 cm³/mol. The van der Waals surface area contributed by atoms with E-state index in [0.717, 1.165) is 0 Å². The van der Waals surface area contributed by atoms with Crippen LogP contribution in [0, 0.1) is 0 Å². The molecule has 7 heteroatoms. The van der Waals surface area contributed by atoms with Gasteiger partial charge >= 0.3 is 0 Å². The van der Waals surface area contributed by atoms with Gasteiger partial charge in [0.2, 0.25) is 0 Å². The lowest BCUT2D eigenvalue weighted by Gasteiger charge is -2.14. The lowest BCUT2D eigenvalue weighted by atomic mass is 9.93. The van der Waals surface area contributed by atoms with Crippen molar-refractivity contribution in [2.75, 3.05) is 5.32 Å². The Bertz CT molecular complexity index is 1120. The first-order valence-corrected chi connectivity index (χ1v) is 9.57. The minimum atomic E-state index is -0.354. The maximum Gasteiger partial charge on any atom is 0.261 e. The first-order valence-electron chi connectivity index (χ1n) is 9.57. The summed E-state index contributed by atoms with van der Waals surface area (Å²) < 4.78 is 5.29. The molecule has 0 fully saturated rings. The van der Waals surface area contributed by atoms with Crippen LogP contribution in [-0.4, -0.2) is 27.8 Å². The summed E-state index contributed by atoms with van der Waals surface area (Å²) in [6.07, 6.45) is 0. The number of benzene rings is 2. The van der Waals surface area contributed by atoms with Gasteiger partial charge in [-0.2, -0.15) is 0 Å². The van der Waals surface area contributed by atoms with Gasteiger partial charge in [-0.05, 0) is 29.8 Å². The number of hydrogen-bond donors (Lipinski definition) is 1. The van der Waals surface area contributed by atoms with E-state index in [4.69, 9.17) is 4.52 Å². The predicted octanol–water partition coefficient (Wildman–Crippen LogP) is 4.02. The van der Waals surface area contributed by atoms with Crippen LogP contribution in [0.3, 0.4) is 0 Å². The van der Waals surface area contributed by atoms with Crippen LogP contribution in [0.2, 0.25) is 0 Å². The van der Waals surface area contributed by atoms with Crippen LogP contribution in [-0.2, 0) is 12.0 Å². The Balaban J connectivity index is 1.49. The molecule has 2 heterocycles. The first-order chi connectivity index (χ1) is 14.2. The Morgan fingerprint density at radius 1 is 1.00 bits per heavy atom. The van der Waals surface area contributed by atoms with E-state index in [1.807, 2.05) is 20.8 Å². The van der Waals surface area contributed by atoms with Crippen molar-refractivity contribution in [3.05, 3.63) is 82.6 Å². The molecule has 7 nitrogen and oxygen atoms in total. The highest BCUT2D eigenvalue weighted by atomic mass is 16.5. The number of nitrogens with zero attached hydrogens (tertiary/aromatic N) is 2. The fourth-order valence-corrected chi connectivity index (χ4v) is 3.25. The van der Waals surface area contributed by atoms with Gasteiger partial charge in [0.15, 0.2) is 5.82 Å². The van der Waals surface area contributed by atoms with Crippen molar-refractivity contribution < 1.29 is 18.9 Å². The number of carbonyl (C=O) groups is 3. The number of carbonyl (C=O) groups excluding carboxylic acids is 3. The highest BCUT2D eigenvalue weighted by Crippen LogP contribution is 2.26. The van der Waals surface area contributed by atoms with Crippen LogP contribution in [0.1, 0.15) is 63.2 Å². The Morgan fingerprint density at radius 2 is 1.67 bits per heavy atom. The fraction of sp³-hybridized carbons (Fsp3) is 0.217. The summed E-state index contributed by atoms with van der Waals surface area (Å²) >= 11 is 0. The average molecular weight is 403 g/mol. The second kappa shape index (κ2) is 7.26. The third-order valence-corrected chi connectivity index (χ3v) is 4.90. The molecule has 0 saturated heterocycles. The van der Waals surface area contributed by atoms with E-state index in [-0.39, 0.29) is 29.7 Å². The van der Waals surface area contributed by atoms with E-state index >= 15 is 0 Å². The van der Waals surface area contributed by atoms with Gasteiger partial charge in [-0.3, -0.25) is 19.3 Å². The van der Waals surface area contributed by atoms with Gasteiger partial charge < -0.3 is 9.84 Å². The smallest absolute Gasteiger partial charge is 0.261 e. The molecule has 0 atom stereocenters. The van der Waals surface area contributed by atoms with Crippen LogP contribution < -0.4 is 5.32 Å². The van der Waals surface area contributed by atoms with E-state index in [1.54, 1.807) is 54.6 Å². The van der Waals surface area contributed by atoms with Crippen LogP contribution in [0.25, 0.3) is 0 Å². The normalized spacial score (nSPS) is 13.5. The minimum Gasteiger partial charge on any atom is -0.359 e. The van der Waals surface area contributed by atoms with Gasteiger partial charge in [0, 0.05) is 17.0 Å². The number of fused-ring (bicyclic) bond motifs is 1. The highest BCUT2D eigenvalue weighted by molar-refractivity contribution is 6.21. The van der Waals surface area contributed by atoms with Crippen LogP contribution in [0.4, 0.5) is 5.82 Å². The second-order valence-corrected chi connectivity index (χ2v) is 8.22. The third kappa shape index (κ3) is 3.61. The third-order valence-electron chi connectivity index (χ3n) is 4.90. The van der Waals surface area contributed by atoms with E-state index in [0.29, 0.717) is 33.8 Å².